The average Bonchev–Trinajstić information content (AvgIpc) is 2.37. The third-order valence-corrected chi connectivity index (χ3v) is 2.52. The van der Waals surface area contributed by atoms with Crippen LogP contribution in [0.25, 0.3) is 0 Å². The number of benzene rings is 1. The second kappa shape index (κ2) is 7.85. The van der Waals surface area contributed by atoms with E-state index in [0.29, 0.717) is 5.75 Å². The number of ether oxygens (including phenoxy) is 1. The number of nitrogens with zero attached hydrogens (tertiary/aromatic N) is 1. The molecule has 0 spiro atoms. The molecule has 8 nitrogen and oxygen atoms in total. The summed E-state index contributed by atoms with van der Waals surface area (Å²) in [7, 11) is 0. The van der Waals surface area contributed by atoms with Gasteiger partial charge in [-0.3, -0.25) is 14.5 Å². The molecule has 1 rings (SSSR count). The fraction of sp³-hybridized carbons (Fsp3) is 0.308. The molecule has 0 unspecified atom stereocenters. The number of carbonyl (C=O) groups is 3. The summed E-state index contributed by atoms with van der Waals surface area (Å²) in [5.41, 5.74) is 10.2. The normalized spacial score (nSPS) is 10.3. The van der Waals surface area contributed by atoms with Gasteiger partial charge in [0.15, 0.2) is 0 Å². The largest absolute Gasteiger partial charge is 0.492 e. The van der Waals surface area contributed by atoms with Gasteiger partial charge in [-0.25, -0.2) is 4.79 Å². The van der Waals surface area contributed by atoms with Crippen LogP contribution in [0.4, 0.5) is 0 Å². The van der Waals surface area contributed by atoms with Gasteiger partial charge in [0.1, 0.15) is 12.4 Å². The first-order valence-electron chi connectivity index (χ1n) is 6.13. The van der Waals surface area contributed by atoms with E-state index in [4.69, 9.17) is 21.3 Å². The molecule has 0 bridgehead atoms. The Morgan fingerprint density at radius 2 is 1.76 bits per heavy atom. The highest BCUT2D eigenvalue weighted by Gasteiger charge is 2.11. The summed E-state index contributed by atoms with van der Waals surface area (Å²) in [4.78, 5) is 34.0. The van der Waals surface area contributed by atoms with Crippen molar-refractivity contribution in [1.29, 1.82) is 0 Å². The molecule has 1 aromatic carbocycles. The number of primary amides is 2. The summed E-state index contributed by atoms with van der Waals surface area (Å²) in [6, 6.07) is 6.00. The third-order valence-electron chi connectivity index (χ3n) is 2.52. The van der Waals surface area contributed by atoms with Crippen LogP contribution in [0.15, 0.2) is 24.3 Å². The minimum absolute atomic E-state index is 0.110. The minimum Gasteiger partial charge on any atom is -0.492 e. The molecule has 0 aliphatic carbocycles. The SMILES string of the molecule is NC(=O)CN(CCOc1cccc(C(=O)O)c1)CC(N)=O. The number of nitrogens with two attached hydrogens (primary N) is 2. The van der Waals surface area contributed by atoms with Gasteiger partial charge in [0, 0.05) is 6.54 Å². The van der Waals surface area contributed by atoms with Crippen molar-refractivity contribution in [1.82, 2.24) is 4.90 Å². The van der Waals surface area contributed by atoms with E-state index in [9.17, 15) is 14.4 Å². The van der Waals surface area contributed by atoms with Crippen molar-refractivity contribution in [3.63, 3.8) is 0 Å². The molecule has 21 heavy (non-hydrogen) atoms. The van der Waals surface area contributed by atoms with Gasteiger partial charge in [0.25, 0.3) is 0 Å². The molecule has 114 valence electrons. The second-order valence-electron chi connectivity index (χ2n) is 4.32. The van der Waals surface area contributed by atoms with Crippen molar-refractivity contribution >= 4 is 17.8 Å². The van der Waals surface area contributed by atoms with Crippen molar-refractivity contribution in [2.45, 2.75) is 0 Å². The molecule has 0 saturated heterocycles. The Balaban J connectivity index is 2.53. The molecule has 2 amide bonds. The molecule has 0 atom stereocenters. The molecule has 0 heterocycles. The number of hydrogen-bond donors (Lipinski definition) is 3. The van der Waals surface area contributed by atoms with Gasteiger partial charge in [-0.15, -0.1) is 0 Å². The van der Waals surface area contributed by atoms with Crippen molar-refractivity contribution < 1.29 is 24.2 Å². The van der Waals surface area contributed by atoms with Gasteiger partial charge >= 0.3 is 5.97 Å². The predicted octanol–water partition coefficient (Wildman–Crippen LogP) is -0.964. The minimum atomic E-state index is -1.05. The number of amides is 2. The Morgan fingerprint density at radius 3 is 2.29 bits per heavy atom. The number of rotatable bonds is 9. The Kier molecular flexibility index (Phi) is 6.15. The van der Waals surface area contributed by atoms with Gasteiger partial charge in [-0.05, 0) is 18.2 Å². The van der Waals surface area contributed by atoms with Gasteiger partial charge in [0.05, 0.1) is 18.7 Å². The Labute approximate surface area is 121 Å². The first kappa shape index (κ1) is 16.4. The zero-order valence-electron chi connectivity index (χ0n) is 11.3. The molecular formula is C13H17N3O5. The average molecular weight is 295 g/mol. The standard InChI is InChI=1S/C13H17N3O5/c14-11(17)7-16(8-12(15)18)4-5-21-10-3-1-2-9(6-10)13(19)20/h1-3,6H,4-5,7-8H2,(H2,14,17)(H2,15,18)(H,19,20). The van der Waals surface area contributed by atoms with E-state index in [0.717, 1.165) is 0 Å². The molecule has 1 aromatic rings. The molecule has 0 radical (unpaired) electrons. The molecule has 0 saturated carbocycles. The Morgan fingerprint density at radius 1 is 1.14 bits per heavy atom. The topological polar surface area (TPSA) is 136 Å². The number of carbonyl (C=O) groups excluding carboxylic acids is 2. The lowest BCUT2D eigenvalue weighted by molar-refractivity contribution is -0.122. The van der Waals surface area contributed by atoms with E-state index < -0.39 is 17.8 Å². The highest BCUT2D eigenvalue weighted by molar-refractivity contribution is 5.88. The molecule has 5 N–H and O–H groups in total. The predicted molar refractivity (Wildman–Crippen MR) is 73.7 cm³/mol. The van der Waals surface area contributed by atoms with Crippen LogP contribution >= 0.6 is 0 Å². The van der Waals surface area contributed by atoms with Gasteiger partial charge in [-0.2, -0.15) is 0 Å². The summed E-state index contributed by atoms with van der Waals surface area (Å²) in [5.74, 6) is -1.83. The van der Waals surface area contributed by atoms with Crippen LogP contribution in [0.3, 0.4) is 0 Å². The number of hydrogen-bond acceptors (Lipinski definition) is 5. The second-order valence-corrected chi connectivity index (χ2v) is 4.32. The summed E-state index contributed by atoms with van der Waals surface area (Å²) >= 11 is 0. The van der Waals surface area contributed by atoms with Crippen LogP contribution in [0, 0.1) is 0 Å². The maximum atomic E-state index is 10.9. The van der Waals surface area contributed by atoms with Gasteiger partial charge < -0.3 is 21.3 Å². The fourth-order valence-electron chi connectivity index (χ4n) is 1.67. The van der Waals surface area contributed by atoms with E-state index in [-0.39, 0.29) is 31.8 Å². The van der Waals surface area contributed by atoms with Crippen LogP contribution in [-0.4, -0.2) is 54.0 Å². The summed E-state index contributed by atoms with van der Waals surface area (Å²) in [6.07, 6.45) is 0. The Bertz CT molecular complexity index is 516. The number of aromatic carboxylic acids is 1. The van der Waals surface area contributed by atoms with E-state index in [1.807, 2.05) is 0 Å². The van der Waals surface area contributed by atoms with Gasteiger partial charge in [0.2, 0.25) is 11.8 Å². The van der Waals surface area contributed by atoms with Crippen molar-refractivity contribution in [3.05, 3.63) is 29.8 Å². The lowest BCUT2D eigenvalue weighted by Gasteiger charge is -2.19. The van der Waals surface area contributed by atoms with Crippen LogP contribution in [0.1, 0.15) is 10.4 Å². The molecule has 0 aromatic heterocycles. The van der Waals surface area contributed by atoms with E-state index in [2.05, 4.69) is 0 Å². The zero-order chi connectivity index (χ0) is 15.8. The molecule has 0 fully saturated rings. The number of carboxylic acids is 1. The first-order chi connectivity index (χ1) is 9.88. The van der Waals surface area contributed by atoms with Crippen molar-refractivity contribution in [2.24, 2.45) is 11.5 Å². The Hall–Kier alpha value is -2.61. The van der Waals surface area contributed by atoms with E-state index in [1.54, 1.807) is 12.1 Å². The molecule has 0 aliphatic rings. The fourth-order valence-corrected chi connectivity index (χ4v) is 1.67. The highest BCUT2D eigenvalue weighted by Crippen LogP contribution is 2.13. The molecular weight excluding hydrogens is 278 g/mol. The molecule has 8 heteroatoms. The summed E-state index contributed by atoms with van der Waals surface area (Å²) < 4.78 is 5.38. The van der Waals surface area contributed by atoms with Crippen LogP contribution in [0.2, 0.25) is 0 Å². The maximum absolute atomic E-state index is 10.9. The number of carboxylic acid groups (broad SMARTS) is 1. The lowest BCUT2D eigenvalue weighted by atomic mass is 10.2. The lowest BCUT2D eigenvalue weighted by Crippen LogP contribution is -2.41. The van der Waals surface area contributed by atoms with Crippen LogP contribution < -0.4 is 16.2 Å². The van der Waals surface area contributed by atoms with Crippen LogP contribution in [0.5, 0.6) is 5.75 Å². The zero-order valence-corrected chi connectivity index (χ0v) is 11.3. The quantitative estimate of drug-likeness (QED) is 0.536. The summed E-state index contributed by atoms with van der Waals surface area (Å²) in [5, 5.41) is 8.85. The highest BCUT2D eigenvalue weighted by atomic mass is 16.5. The van der Waals surface area contributed by atoms with Gasteiger partial charge in [-0.1, -0.05) is 6.07 Å². The van der Waals surface area contributed by atoms with Crippen LogP contribution in [-0.2, 0) is 9.59 Å². The van der Waals surface area contributed by atoms with E-state index >= 15 is 0 Å². The maximum Gasteiger partial charge on any atom is 0.335 e. The van der Waals surface area contributed by atoms with Crippen molar-refractivity contribution in [3.8, 4) is 5.75 Å². The molecule has 0 aliphatic heterocycles. The third kappa shape index (κ3) is 6.39. The van der Waals surface area contributed by atoms with E-state index in [1.165, 1.54) is 17.0 Å². The van der Waals surface area contributed by atoms with Crippen molar-refractivity contribution in [2.75, 3.05) is 26.2 Å². The monoisotopic (exact) mass is 295 g/mol. The smallest absolute Gasteiger partial charge is 0.335 e. The summed E-state index contributed by atoms with van der Waals surface area (Å²) in [6.45, 7) is 0.190. The first-order valence-corrected chi connectivity index (χ1v) is 6.13.